The van der Waals surface area contributed by atoms with Crippen LogP contribution in [-0.4, -0.2) is 26.6 Å². The predicted molar refractivity (Wildman–Crippen MR) is 106 cm³/mol. The number of carbonyl (C=O) groups is 1. The predicted octanol–water partition coefficient (Wildman–Crippen LogP) is 3.03. The lowest BCUT2D eigenvalue weighted by atomic mass is 10.1. The molecule has 0 aliphatic rings. The van der Waals surface area contributed by atoms with Gasteiger partial charge in [0.15, 0.2) is 0 Å². The monoisotopic (exact) mass is 374 g/mol. The van der Waals surface area contributed by atoms with E-state index in [-0.39, 0.29) is 5.91 Å². The second-order valence-corrected chi connectivity index (χ2v) is 8.32. The molecular weight excluding hydrogens is 348 g/mol. The third kappa shape index (κ3) is 5.08. The van der Waals surface area contributed by atoms with Gasteiger partial charge in [0.1, 0.15) is 6.04 Å². The molecule has 140 valence electrons. The highest BCUT2D eigenvalue weighted by atomic mass is 32.2. The van der Waals surface area contributed by atoms with E-state index in [0.717, 1.165) is 33.7 Å². The van der Waals surface area contributed by atoms with E-state index in [2.05, 4.69) is 5.32 Å². The summed E-state index contributed by atoms with van der Waals surface area (Å²) in [6, 6.07) is 14.2. The zero-order chi connectivity index (χ0) is 19.3. The molecule has 0 aliphatic heterocycles. The molecule has 1 unspecified atom stereocenters. The van der Waals surface area contributed by atoms with Crippen LogP contribution < -0.4 is 9.62 Å². The quantitative estimate of drug-likeness (QED) is 0.810. The number of amides is 1. The summed E-state index contributed by atoms with van der Waals surface area (Å²) in [5.74, 6) is -0.337. The second kappa shape index (κ2) is 8.36. The van der Waals surface area contributed by atoms with E-state index in [0.29, 0.717) is 12.2 Å². The molecule has 1 atom stereocenters. The molecule has 2 aromatic rings. The first-order chi connectivity index (χ1) is 12.2. The number of benzene rings is 2. The maximum atomic E-state index is 12.6. The minimum absolute atomic E-state index is 0.337. The van der Waals surface area contributed by atoms with Gasteiger partial charge in [-0.3, -0.25) is 9.10 Å². The maximum absolute atomic E-state index is 12.6. The van der Waals surface area contributed by atoms with Crippen molar-refractivity contribution in [3.8, 4) is 0 Å². The molecule has 26 heavy (non-hydrogen) atoms. The number of carbonyl (C=O) groups excluding carboxylic acids is 1. The van der Waals surface area contributed by atoms with Crippen LogP contribution in [0.5, 0.6) is 0 Å². The average molecular weight is 375 g/mol. The lowest BCUT2D eigenvalue weighted by Gasteiger charge is -2.28. The summed E-state index contributed by atoms with van der Waals surface area (Å²) < 4.78 is 25.8. The van der Waals surface area contributed by atoms with E-state index in [1.54, 1.807) is 19.1 Å². The van der Waals surface area contributed by atoms with Crippen LogP contribution in [0.2, 0.25) is 0 Å². The number of hydrogen-bond donors (Lipinski definition) is 1. The van der Waals surface area contributed by atoms with E-state index < -0.39 is 16.1 Å². The Morgan fingerprint density at radius 1 is 1.12 bits per heavy atom. The number of hydrogen-bond acceptors (Lipinski definition) is 3. The first kappa shape index (κ1) is 20.0. The summed E-state index contributed by atoms with van der Waals surface area (Å²) in [4.78, 5) is 12.6. The standard InChI is InChI=1S/C20H26N2O3S/c1-5-17-9-11-19(12-10-17)22(26(4,24)25)16(3)20(23)21-14-18-8-6-7-15(2)13-18/h6-13,16H,5,14H2,1-4H3,(H,21,23). The summed E-state index contributed by atoms with van der Waals surface area (Å²) in [5, 5.41) is 2.83. The van der Waals surface area contributed by atoms with Crippen LogP contribution in [0.1, 0.15) is 30.5 Å². The Bertz CT molecular complexity index is 861. The van der Waals surface area contributed by atoms with Crippen molar-refractivity contribution < 1.29 is 13.2 Å². The molecule has 0 radical (unpaired) electrons. The van der Waals surface area contributed by atoms with Crippen molar-refractivity contribution in [2.75, 3.05) is 10.6 Å². The van der Waals surface area contributed by atoms with Gasteiger partial charge in [-0.1, -0.05) is 48.9 Å². The molecule has 6 heteroatoms. The lowest BCUT2D eigenvalue weighted by molar-refractivity contribution is -0.122. The topological polar surface area (TPSA) is 66.5 Å². The number of aryl methyl sites for hydroxylation is 2. The first-order valence-corrected chi connectivity index (χ1v) is 10.5. The molecule has 0 saturated carbocycles. The van der Waals surface area contributed by atoms with E-state index in [9.17, 15) is 13.2 Å². The number of anilines is 1. The number of nitrogens with one attached hydrogen (secondary N) is 1. The van der Waals surface area contributed by atoms with E-state index in [1.807, 2.05) is 50.2 Å². The van der Waals surface area contributed by atoms with Gasteiger partial charge in [-0.15, -0.1) is 0 Å². The van der Waals surface area contributed by atoms with Crippen molar-refractivity contribution in [1.29, 1.82) is 0 Å². The summed E-state index contributed by atoms with van der Waals surface area (Å²) in [6.07, 6.45) is 1.98. The Hall–Kier alpha value is -2.34. The summed E-state index contributed by atoms with van der Waals surface area (Å²) in [7, 11) is -3.60. The fraction of sp³-hybridized carbons (Fsp3) is 0.350. The molecule has 2 rings (SSSR count). The number of rotatable bonds is 7. The fourth-order valence-corrected chi connectivity index (χ4v) is 4.02. The van der Waals surface area contributed by atoms with E-state index >= 15 is 0 Å². The molecule has 2 aromatic carbocycles. The molecule has 0 aliphatic carbocycles. The molecule has 0 saturated heterocycles. The van der Waals surface area contributed by atoms with Crippen LogP contribution in [0.15, 0.2) is 48.5 Å². The molecule has 1 N–H and O–H groups in total. The molecule has 1 amide bonds. The third-order valence-electron chi connectivity index (χ3n) is 4.24. The van der Waals surface area contributed by atoms with Gasteiger partial charge in [0.25, 0.3) is 0 Å². The SMILES string of the molecule is CCc1ccc(N(C(C)C(=O)NCc2cccc(C)c2)S(C)(=O)=O)cc1. The van der Waals surface area contributed by atoms with Gasteiger partial charge < -0.3 is 5.32 Å². The van der Waals surface area contributed by atoms with Gasteiger partial charge >= 0.3 is 0 Å². The van der Waals surface area contributed by atoms with Crippen LogP contribution >= 0.6 is 0 Å². The molecule has 0 fully saturated rings. The lowest BCUT2D eigenvalue weighted by Crippen LogP contribution is -2.47. The molecular formula is C20H26N2O3S. The van der Waals surface area contributed by atoms with Gasteiger partial charge in [-0.05, 0) is 43.5 Å². The van der Waals surface area contributed by atoms with Gasteiger partial charge in [0.05, 0.1) is 11.9 Å². The largest absolute Gasteiger partial charge is 0.350 e. The van der Waals surface area contributed by atoms with Gasteiger partial charge in [0.2, 0.25) is 15.9 Å². The summed E-state index contributed by atoms with van der Waals surface area (Å²) in [5.41, 5.74) is 3.68. The Labute approximate surface area is 156 Å². The highest BCUT2D eigenvalue weighted by Gasteiger charge is 2.28. The Morgan fingerprint density at radius 2 is 1.77 bits per heavy atom. The maximum Gasteiger partial charge on any atom is 0.243 e. The summed E-state index contributed by atoms with van der Waals surface area (Å²) in [6.45, 7) is 5.97. The number of nitrogens with zero attached hydrogens (tertiary/aromatic N) is 1. The zero-order valence-corrected chi connectivity index (χ0v) is 16.5. The highest BCUT2D eigenvalue weighted by molar-refractivity contribution is 7.92. The third-order valence-corrected chi connectivity index (χ3v) is 5.48. The molecule has 0 aromatic heterocycles. The molecule has 0 heterocycles. The van der Waals surface area contributed by atoms with E-state index in [4.69, 9.17) is 0 Å². The van der Waals surface area contributed by atoms with Crippen LogP contribution in [-0.2, 0) is 27.8 Å². The molecule has 0 spiro atoms. The van der Waals surface area contributed by atoms with Crippen molar-refractivity contribution in [1.82, 2.24) is 5.32 Å². The second-order valence-electron chi connectivity index (χ2n) is 6.46. The first-order valence-electron chi connectivity index (χ1n) is 8.64. The summed E-state index contributed by atoms with van der Waals surface area (Å²) >= 11 is 0. The van der Waals surface area contributed by atoms with Crippen molar-refractivity contribution in [2.24, 2.45) is 0 Å². The van der Waals surface area contributed by atoms with Gasteiger partial charge in [-0.2, -0.15) is 0 Å². The molecule has 0 bridgehead atoms. The Kier molecular flexibility index (Phi) is 6.42. The van der Waals surface area contributed by atoms with Crippen molar-refractivity contribution in [3.63, 3.8) is 0 Å². The van der Waals surface area contributed by atoms with Crippen LogP contribution in [0, 0.1) is 6.92 Å². The van der Waals surface area contributed by atoms with Gasteiger partial charge in [-0.25, -0.2) is 8.42 Å². The van der Waals surface area contributed by atoms with Crippen molar-refractivity contribution >= 4 is 21.6 Å². The Balaban J connectivity index is 2.17. The van der Waals surface area contributed by atoms with Crippen LogP contribution in [0.25, 0.3) is 0 Å². The van der Waals surface area contributed by atoms with Crippen LogP contribution in [0.4, 0.5) is 5.69 Å². The Morgan fingerprint density at radius 3 is 2.31 bits per heavy atom. The number of sulfonamides is 1. The van der Waals surface area contributed by atoms with Gasteiger partial charge in [0, 0.05) is 6.54 Å². The average Bonchev–Trinajstić information content (AvgIpc) is 2.59. The van der Waals surface area contributed by atoms with Crippen LogP contribution in [0.3, 0.4) is 0 Å². The smallest absolute Gasteiger partial charge is 0.243 e. The molecule has 5 nitrogen and oxygen atoms in total. The van der Waals surface area contributed by atoms with Crippen molar-refractivity contribution in [2.45, 2.75) is 39.8 Å². The minimum Gasteiger partial charge on any atom is -0.350 e. The van der Waals surface area contributed by atoms with E-state index in [1.165, 1.54) is 0 Å². The zero-order valence-electron chi connectivity index (χ0n) is 15.7. The highest BCUT2D eigenvalue weighted by Crippen LogP contribution is 2.21. The van der Waals surface area contributed by atoms with Crippen molar-refractivity contribution in [3.05, 3.63) is 65.2 Å². The minimum atomic E-state index is -3.60. The normalized spacial score (nSPS) is 12.5. The fourth-order valence-electron chi connectivity index (χ4n) is 2.85.